The van der Waals surface area contributed by atoms with Crippen LogP contribution in [0, 0.1) is 0 Å². The van der Waals surface area contributed by atoms with Crippen LogP contribution in [0.15, 0.2) is 73.2 Å². The predicted octanol–water partition coefficient (Wildman–Crippen LogP) is 6.65. The second kappa shape index (κ2) is 12.1. The summed E-state index contributed by atoms with van der Waals surface area (Å²) in [5.74, 6) is 1.68. The molecule has 0 fully saturated rings. The first-order valence-corrected chi connectivity index (χ1v) is 10.9. The van der Waals surface area contributed by atoms with Crippen LogP contribution in [0.2, 0.25) is 0 Å². The third-order valence-corrected chi connectivity index (χ3v) is 5.02. The highest BCUT2D eigenvalue weighted by molar-refractivity contribution is 5.41. The summed E-state index contributed by atoms with van der Waals surface area (Å²) in [6, 6.07) is 16.6. The smallest absolute Gasteiger partial charge is 0.129 e. The molecule has 0 amide bonds. The summed E-state index contributed by atoms with van der Waals surface area (Å²) in [7, 11) is 0. The Hall–Kier alpha value is -2.88. The fourth-order valence-electron chi connectivity index (χ4n) is 3.03. The molecule has 2 aromatic rings. The lowest BCUT2D eigenvalue weighted by Gasteiger charge is -2.26. The number of rotatable bonds is 12. The summed E-state index contributed by atoms with van der Waals surface area (Å²) >= 11 is 0. The van der Waals surface area contributed by atoms with Gasteiger partial charge in [0.1, 0.15) is 36.9 Å². The molecule has 0 bridgehead atoms. The summed E-state index contributed by atoms with van der Waals surface area (Å²) < 4.78 is 22.6. The molecular formula is C27H36O4. The van der Waals surface area contributed by atoms with Gasteiger partial charge in [0, 0.05) is 5.41 Å². The average molecular weight is 425 g/mol. The molecule has 0 aromatic heterocycles. The molecular weight excluding hydrogens is 388 g/mol. The zero-order valence-corrected chi connectivity index (χ0v) is 19.6. The van der Waals surface area contributed by atoms with Crippen LogP contribution in [0.3, 0.4) is 0 Å². The Morgan fingerprint density at radius 1 is 0.677 bits per heavy atom. The predicted molar refractivity (Wildman–Crippen MR) is 127 cm³/mol. The fourth-order valence-corrected chi connectivity index (χ4v) is 3.03. The maximum absolute atomic E-state index is 5.83. The molecule has 0 aliphatic rings. The van der Waals surface area contributed by atoms with E-state index in [2.05, 4.69) is 38.1 Å². The maximum atomic E-state index is 5.83. The number of benzene rings is 2. The molecule has 0 radical (unpaired) electrons. The van der Waals surface area contributed by atoms with Gasteiger partial charge in [0.15, 0.2) is 0 Å². The first-order chi connectivity index (χ1) is 14.9. The van der Waals surface area contributed by atoms with E-state index in [1.807, 2.05) is 64.1 Å². The monoisotopic (exact) mass is 424 g/mol. The van der Waals surface area contributed by atoms with Crippen molar-refractivity contribution in [3.05, 3.63) is 84.3 Å². The van der Waals surface area contributed by atoms with Crippen LogP contribution < -0.4 is 9.47 Å². The molecule has 0 N–H and O–H groups in total. The van der Waals surface area contributed by atoms with E-state index < -0.39 is 0 Å². The Kier molecular flexibility index (Phi) is 9.51. The van der Waals surface area contributed by atoms with E-state index in [4.69, 9.17) is 18.9 Å². The van der Waals surface area contributed by atoms with Gasteiger partial charge in [-0.15, -0.1) is 0 Å². The summed E-state index contributed by atoms with van der Waals surface area (Å²) in [6.45, 7) is 13.3. The van der Waals surface area contributed by atoms with E-state index in [1.165, 1.54) is 11.1 Å². The van der Waals surface area contributed by atoms with Crippen molar-refractivity contribution >= 4 is 0 Å². The molecule has 0 heterocycles. The van der Waals surface area contributed by atoms with Crippen molar-refractivity contribution in [2.75, 3.05) is 13.2 Å². The Balaban J connectivity index is 1.96. The highest BCUT2D eigenvalue weighted by Gasteiger charge is 2.23. The van der Waals surface area contributed by atoms with Gasteiger partial charge in [0.05, 0.1) is 12.5 Å². The average Bonchev–Trinajstić information content (AvgIpc) is 2.79. The van der Waals surface area contributed by atoms with Gasteiger partial charge in [0.2, 0.25) is 0 Å². The zero-order chi connectivity index (χ0) is 22.7. The number of ether oxygens (including phenoxy) is 4. The lowest BCUT2D eigenvalue weighted by molar-refractivity contribution is 0.102. The standard InChI is InChI=1S/C27H36O4/c1-7-17-28-21(3)19-30-25-13-9-23(10-14-25)27(5,6)24-11-15-26(16-12-24)31-20-22(4)29-18-8-2/h7-18,21-22H,19-20H2,1-6H3. The number of hydrogen-bond acceptors (Lipinski definition) is 4. The van der Waals surface area contributed by atoms with Crippen LogP contribution >= 0.6 is 0 Å². The Bertz CT molecular complexity index is 750. The van der Waals surface area contributed by atoms with Gasteiger partial charge in [0.25, 0.3) is 0 Å². The summed E-state index contributed by atoms with van der Waals surface area (Å²) in [5.41, 5.74) is 2.31. The van der Waals surface area contributed by atoms with E-state index in [-0.39, 0.29) is 17.6 Å². The van der Waals surface area contributed by atoms with Crippen LogP contribution in [0.5, 0.6) is 11.5 Å². The highest BCUT2D eigenvalue weighted by atomic mass is 16.5. The van der Waals surface area contributed by atoms with E-state index in [1.54, 1.807) is 12.5 Å². The van der Waals surface area contributed by atoms with Crippen LogP contribution in [0.1, 0.15) is 52.7 Å². The van der Waals surface area contributed by atoms with Gasteiger partial charge in [-0.05, 0) is 63.1 Å². The summed E-state index contributed by atoms with van der Waals surface area (Å²) in [5, 5.41) is 0. The van der Waals surface area contributed by atoms with E-state index in [0.717, 1.165) is 11.5 Å². The highest BCUT2D eigenvalue weighted by Crippen LogP contribution is 2.33. The molecule has 2 aromatic carbocycles. The SMILES string of the molecule is CC=COC(C)COc1ccc(C(C)(C)c2ccc(OCC(C)OC=CC)cc2)cc1. The minimum atomic E-state index is -0.137. The van der Waals surface area contributed by atoms with Crippen molar-refractivity contribution in [1.82, 2.24) is 0 Å². The molecule has 2 atom stereocenters. The van der Waals surface area contributed by atoms with Crippen LogP contribution in [0.25, 0.3) is 0 Å². The molecule has 2 unspecified atom stereocenters. The van der Waals surface area contributed by atoms with E-state index >= 15 is 0 Å². The van der Waals surface area contributed by atoms with Crippen LogP contribution in [-0.4, -0.2) is 25.4 Å². The van der Waals surface area contributed by atoms with Crippen LogP contribution in [0.4, 0.5) is 0 Å². The zero-order valence-electron chi connectivity index (χ0n) is 19.6. The van der Waals surface area contributed by atoms with Gasteiger partial charge < -0.3 is 18.9 Å². The molecule has 0 saturated carbocycles. The summed E-state index contributed by atoms with van der Waals surface area (Å²) in [6.07, 6.45) is 7.12. The number of allylic oxidation sites excluding steroid dienone is 2. The Morgan fingerprint density at radius 3 is 1.35 bits per heavy atom. The van der Waals surface area contributed by atoms with Crippen molar-refractivity contribution in [2.45, 2.75) is 59.2 Å². The number of hydrogen-bond donors (Lipinski definition) is 0. The maximum Gasteiger partial charge on any atom is 0.129 e. The second-order valence-electron chi connectivity index (χ2n) is 8.13. The van der Waals surface area contributed by atoms with Gasteiger partial charge in [-0.3, -0.25) is 0 Å². The van der Waals surface area contributed by atoms with Gasteiger partial charge in [-0.1, -0.05) is 50.3 Å². The Labute approximate surface area is 187 Å². The van der Waals surface area contributed by atoms with Gasteiger partial charge in [-0.25, -0.2) is 0 Å². The molecule has 0 aliphatic heterocycles. The minimum absolute atomic E-state index is 0.00529. The van der Waals surface area contributed by atoms with E-state index in [0.29, 0.717) is 13.2 Å². The molecule has 0 spiro atoms. The fraction of sp³-hybridized carbons (Fsp3) is 0.407. The molecule has 0 aliphatic carbocycles. The van der Waals surface area contributed by atoms with Crippen molar-refractivity contribution in [3.8, 4) is 11.5 Å². The molecule has 168 valence electrons. The topological polar surface area (TPSA) is 36.9 Å². The normalized spacial score (nSPS) is 13.9. The third kappa shape index (κ3) is 7.71. The third-order valence-electron chi connectivity index (χ3n) is 5.02. The lowest BCUT2D eigenvalue weighted by Crippen LogP contribution is -2.19. The van der Waals surface area contributed by atoms with Crippen molar-refractivity contribution in [1.29, 1.82) is 0 Å². The second-order valence-corrected chi connectivity index (χ2v) is 8.13. The molecule has 4 heteroatoms. The molecule has 4 nitrogen and oxygen atoms in total. The van der Waals surface area contributed by atoms with Crippen molar-refractivity contribution in [3.63, 3.8) is 0 Å². The first kappa shape index (κ1) is 24.4. The molecule has 31 heavy (non-hydrogen) atoms. The van der Waals surface area contributed by atoms with Crippen LogP contribution in [-0.2, 0) is 14.9 Å². The molecule has 2 rings (SSSR count). The largest absolute Gasteiger partial charge is 0.495 e. The first-order valence-electron chi connectivity index (χ1n) is 10.9. The lowest BCUT2D eigenvalue weighted by atomic mass is 9.78. The minimum Gasteiger partial charge on any atom is -0.495 e. The van der Waals surface area contributed by atoms with Gasteiger partial charge >= 0.3 is 0 Å². The van der Waals surface area contributed by atoms with Crippen molar-refractivity contribution < 1.29 is 18.9 Å². The Morgan fingerprint density at radius 2 is 1.03 bits per heavy atom. The summed E-state index contributed by atoms with van der Waals surface area (Å²) in [4.78, 5) is 0. The van der Waals surface area contributed by atoms with Gasteiger partial charge in [-0.2, -0.15) is 0 Å². The van der Waals surface area contributed by atoms with E-state index in [9.17, 15) is 0 Å². The quantitative estimate of drug-likeness (QED) is 0.358. The molecule has 0 saturated heterocycles. The van der Waals surface area contributed by atoms with Crippen molar-refractivity contribution in [2.24, 2.45) is 0 Å².